The molecule has 0 fully saturated rings. The fourth-order valence-corrected chi connectivity index (χ4v) is 1.72. The lowest BCUT2D eigenvalue weighted by molar-refractivity contribution is 1.63. The topological polar surface area (TPSA) is 0 Å². The van der Waals surface area contributed by atoms with Gasteiger partial charge >= 0.3 is 0 Å². The van der Waals surface area contributed by atoms with Crippen molar-refractivity contribution in [1.82, 2.24) is 0 Å². The van der Waals surface area contributed by atoms with Crippen molar-refractivity contribution < 1.29 is 0 Å². The van der Waals surface area contributed by atoms with Crippen LogP contribution in [-0.4, -0.2) is 5.75 Å². The van der Waals surface area contributed by atoms with Gasteiger partial charge in [-0.1, -0.05) is 12.2 Å². The first-order chi connectivity index (χ1) is 3.97. The molecule has 0 aromatic rings. The molecule has 0 saturated heterocycles. The van der Waals surface area contributed by atoms with E-state index < -0.39 is 0 Å². The summed E-state index contributed by atoms with van der Waals surface area (Å²) in [4.78, 5) is 1.39. The Kier molecular flexibility index (Phi) is 0.847. The second-order valence-electron chi connectivity index (χ2n) is 1.77. The van der Waals surface area contributed by atoms with Gasteiger partial charge in [0.05, 0.1) is 0 Å². The Bertz CT molecular complexity index is 196. The van der Waals surface area contributed by atoms with Gasteiger partial charge in [0.1, 0.15) is 0 Å². The molecule has 0 spiro atoms. The molecule has 1 heterocycles. The number of hydrogen-bond donors (Lipinski definition) is 0. The zero-order valence-electron chi connectivity index (χ0n) is 4.35. The molecule has 2 rings (SSSR count). The van der Waals surface area contributed by atoms with E-state index in [9.17, 15) is 0 Å². The van der Waals surface area contributed by atoms with Crippen LogP contribution in [0.3, 0.4) is 0 Å². The van der Waals surface area contributed by atoms with Gasteiger partial charge in [-0.2, -0.15) is 0 Å². The summed E-state index contributed by atoms with van der Waals surface area (Å²) >= 11 is 1.86. The van der Waals surface area contributed by atoms with Crippen molar-refractivity contribution in [1.29, 1.82) is 0 Å². The largest absolute Gasteiger partial charge is 0.121 e. The fraction of sp³-hybridized carbons (Fsp3) is 0.143. The third kappa shape index (κ3) is 0.480. The Balaban J connectivity index is 2.49. The monoisotopic (exact) mass is 121 g/mol. The molecular weight excluding hydrogens is 116 g/mol. The van der Waals surface area contributed by atoms with Crippen LogP contribution in [0.4, 0.5) is 0 Å². The minimum Gasteiger partial charge on any atom is -0.121 e. The van der Waals surface area contributed by atoms with Gasteiger partial charge in [-0.15, -0.1) is 11.8 Å². The van der Waals surface area contributed by atoms with E-state index in [-0.39, 0.29) is 0 Å². The highest BCUT2D eigenvalue weighted by atomic mass is 32.2. The molecule has 1 aliphatic carbocycles. The van der Waals surface area contributed by atoms with Crippen LogP contribution < -0.4 is 0 Å². The molecule has 0 bridgehead atoms. The second-order valence-corrected chi connectivity index (χ2v) is 2.79. The predicted molar refractivity (Wildman–Crippen MR) is 36.4 cm³/mol. The van der Waals surface area contributed by atoms with Gasteiger partial charge < -0.3 is 0 Å². The minimum absolute atomic E-state index is 1.05. The van der Waals surface area contributed by atoms with Gasteiger partial charge in [0.2, 0.25) is 0 Å². The van der Waals surface area contributed by atoms with Gasteiger partial charge in [-0.3, -0.25) is 0 Å². The van der Waals surface area contributed by atoms with Gasteiger partial charge in [0.25, 0.3) is 0 Å². The Morgan fingerprint density at radius 1 is 1.62 bits per heavy atom. The van der Waals surface area contributed by atoms with Crippen LogP contribution in [0.5, 0.6) is 0 Å². The third-order valence-electron chi connectivity index (χ3n) is 1.27. The quantitative estimate of drug-likeness (QED) is 0.472. The van der Waals surface area contributed by atoms with E-state index >= 15 is 0 Å². The highest BCUT2D eigenvalue weighted by Gasteiger charge is 2.11. The summed E-state index contributed by atoms with van der Waals surface area (Å²) in [5, 5.41) is 0. The molecule has 8 heavy (non-hydrogen) atoms. The Morgan fingerprint density at radius 3 is 3.50 bits per heavy atom. The van der Waals surface area contributed by atoms with Crippen LogP contribution in [0.2, 0.25) is 0 Å². The lowest BCUT2D eigenvalue weighted by Gasteiger charge is -1.87. The minimum atomic E-state index is 1.05. The van der Waals surface area contributed by atoms with E-state index in [1.807, 2.05) is 11.8 Å². The van der Waals surface area contributed by atoms with Gasteiger partial charge in [0.15, 0.2) is 0 Å². The van der Waals surface area contributed by atoms with E-state index in [0.717, 1.165) is 5.75 Å². The van der Waals surface area contributed by atoms with E-state index in [1.54, 1.807) is 0 Å². The number of thioether (sulfide) groups is 1. The van der Waals surface area contributed by atoms with Crippen LogP contribution in [0.1, 0.15) is 0 Å². The Labute approximate surface area is 53.0 Å². The SMILES string of the molecule is [C]1=C2C=CC=C2SC1. The number of rotatable bonds is 0. The summed E-state index contributed by atoms with van der Waals surface area (Å²) in [6.07, 6.45) is 9.56. The molecule has 0 saturated carbocycles. The molecule has 2 aliphatic rings. The molecule has 0 N–H and O–H groups in total. The van der Waals surface area contributed by atoms with Gasteiger partial charge in [0, 0.05) is 10.7 Å². The highest BCUT2D eigenvalue weighted by Crippen LogP contribution is 2.34. The standard InChI is InChI=1S/C7H5S/c1-2-6-4-5-8-7(6)3-1/h1-3H,5H2. The molecule has 1 heteroatoms. The van der Waals surface area contributed by atoms with Crippen molar-refractivity contribution in [2.24, 2.45) is 0 Å². The summed E-state index contributed by atoms with van der Waals surface area (Å²) in [6.45, 7) is 0. The first-order valence-corrected chi connectivity index (χ1v) is 3.58. The number of hydrogen-bond acceptors (Lipinski definition) is 1. The maximum atomic E-state index is 3.24. The van der Waals surface area contributed by atoms with E-state index in [4.69, 9.17) is 0 Å². The molecule has 0 amide bonds. The lowest BCUT2D eigenvalue weighted by Crippen LogP contribution is -1.63. The average molecular weight is 121 g/mol. The van der Waals surface area contributed by atoms with Gasteiger partial charge in [-0.25, -0.2) is 0 Å². The molecule has 0 aromatic heterocycles. The van der Waals surface area contributed by atoms with E-state index in [0.29, 0.717) is 0 Å². The molecule has 0 unspecified atom stereocenters. The zero-order chi connectivity index (χ0) is 5.40. The van der Waals surface area contributed by atoms with Crippen molar-refractivity contribution in [3.05, 3.63) is 34.8 Å². The molecule has 0 aromatic carbocycles. The normalized spacial score (nSPS) is 23.0. The molecule has 1 radical (unpaired) electrons. The van der Waals surface area contributed by atoms with Crippen LogP contribution in [-0.2, 0) is 0 Å². The van der Waals surface area contributed by atoms with Crippen molar-refractivity contribution in [2.45, 2.75) is 0 Å². The van der Waals surface area contributed by atoms with Gasteiger partial charge in [-0.05, 0) is 17.7 Å². The zero-order valence-corrected chi connectivity index (χ0v) is 5.16. The van der Waals surface area contributed by atoms with Crippen molar-refractivity contribution in [3.63, 3.8) is 0 Å². The first-order valence-electron chi connectivity index (χ1n) is 2.59. The molecule has 0 atom stereocenters. The Hall–Kier alpha value is -0.430. The second kappa shape index (κ2) is 1.52. The maximum absolute atomic E-state index is 3.24. The molecule has 0 nitrogen and oxygen atoms in total. The maximum Gasteiger partial charge on any atom is 0.0241 e. The first kappa shape index (κ1) is 4.45. The van der Waals surface area contributed by atoms with Crippen LogP contribution in [0.15, 0.2) is 28.7 Å². The summed E-state index contributed by atoms with van der Waals surface area (Å²) in [7, 11) is 0. The number of allylic oxidation sites excluding steroid dienone is 4. The highest BCUT2D eigenvalue weighted by molar-refractivity contribution is 8.03. The summed E-state index contributed by atoms with van der Waals surface area (Å²) < 4.78 is 0. The van der Waals surface area contributed by atoms with Crippen LogP contribution >= 0.6 is 11.8 Å². The summed E-state index contributed by atoms with van der Waals surface area (Å²) in [5.74, 6) is 1.05. The summed E-state index contributed by atoms with van der Waals surface area (Å²) in [5.41, 5.74) is 1.30. The van der Waals surface area contributed by atoms with Crippen LogP contribution in [0.25, 0.3) is 0 Å². The summed E-state index contributed by atoms with van der Waals surface area (Å²) in [6, 6.07) is 0. The molecular formula is C7H5S. The predicted octanol–water partition coefficient (Wildman–Crippen LogP) is 1.92. The smallest absolute Gasteiger partial charge is 0.0241 e. The fourth-order valence-electron chi connectivity index (χ4n) is 0.867. The Morgan fingerprint density at radius 2 is 2.62 bits per heavy atom. The van der Waals surface area contributed by atoms with E-state index in [2.05, 4.69) is 24.3 Å². The van der Waals surface area contributed by atoms with Crippen LogP contribution in [0, 0.1) is 6.08 Å². The lowest BCUT2D eigenvalue weighted by atomic mass is 10.3. The average Bonchev–Trinajstić information content (AvgIpc) is 2.15. The van der Waals surface area contributed by atoms with Crippen molar-refractivity contribution >= 4 is 11.8 Å². The van der Waals surface area contributed by atoms with Crippen molar-refractivity contribution in [2.75, 3.05) is 5.75 Å². The van der Waals surface area contributed by atoms with Crippen molar-refractivity contribution in [3.8, 4) is 0 Å². The van der Waals surface area contributed by atoms with E-state index in [1.165, 1.54) is 10.5 Å². The number of fused-ring (bicyclic) bond motifs is 1. The molecule has 39 valence electrons. The molecule has 1 aliphatic heterocycles. The third-order valence-corrected chi connectivity index (χ3v) is 2.22.